The normalized spacial score (nSPS) is 17.5. The molecule has 2 aromatic carbocycles. The number of carbonyl (C=O) groups is 1. The smallest absolute Gasteiger partial charge is 0.196 e. The van der Waals surface area contributed by atoms with Crippen LogP contribution in [-0.2, 0) is 0 Å². The lowest BCUT2D eigenvalue weighted by molar-refractivity contribution is 0.100. The Hall–Kier alpha value is -2.50. The van der Waals surface area contributed by atoms with Gasteiger partial charge in [-0.1, -0.05) is 17.7 Å². The summed E-state index contributed by atoms with van der Waals surface area (Å²) < 4.78 is 17.2. The zero-order valence-corrected chi connectivity index (χ0v) is 18.6. The number of nitrogens with zero attached hydrogens (tertiary/aromatic N) is 1. The molecule has 0 aromatic heterocycles. The van der Waals surface area contributed by atoms with Crippen molar-refractivity contribution < 1.29 is 19.0 Å². The summed E-state index contributed by atoms with van der Waals surface area (Å²) in [5.74, 6) is 1.87. The van der Waals surface area contributed by atoms with Gasteiger partial charge < -0.3 is 19.1 Å². The predicted molar refractivity (Wildman–Crippen MR) is 123 cm³/mol. The molecular weight excluding hydrogens is 414 g/mol. The van der Waals surface area contributed by atoms with E-state index in [1.165, 1.54) is 25.9 Å². The molecule has 0 N–H and O–H groups in total. The van der Waals surface area contributed by atoms with Crippen molar-refractivity contribution in [3.8, 4) is 17.2 Å². The molecule has 2 aliphatic heterocycles. The molecule has 0 spiro atoms. The first-order chi connectivity index (χ1) is 15.1. The van der Waals surface area contributed by atoms with Crippen molar-refractivity contribution >= 4 is 23.5 Å². The third-order valence-corrected chi connectivity index (χ3v) is 5.95. The van der Waals surface area contributed by atoms with E-state index in [1.54, 1.807) is 25.3 Å². The van der Waals surface area contributed by atoms with Crippen molar-refractivity contribution in [3.05, 3.63) is 58.1 Å². The maximum Gasteiger partial charge on any atom is 0.196 e. The molecule has 2 heterocycles. The van der Waals surface area contributed by atoms with E-state index in [0.717, 1.165) is 24.9 Å². The van der Waals surface area contributed by atoms with E-state index in [1.807, 2.05) is 24.3 Å². The predicted octanol–water partition coefficient (Wildman–Crippen LogP) is 5.26. The minimum Gasteiger partial charge on any atom is -0.493 e. The summed E-state index contributed by atoms with van der Waals surface area (Å²) in [6, 6.07) is 10.8. The van der Waals surface area contributed by atoms with Gasteiger partial charge in [0.05, 0.1) is 19.3 Å². The third-order valence-electron chi connectivity index (χ3n) is 5.71. The molecule has 2 aliphatic rings. The number of hydrogen-bond donors (Lipinski definition) is 0. The van der Waals surface area contributed by atoms with Crippen LogP contribution in [0.2, 0.25) is 5.02 Å². The lowest BCUT2D eigenvalue weighted by Gasteiger charge is -2.19. The average molecular weight is 442 g/mol. The van der Waals surface area contributed by atoms with Crippen molar-refractivity contribution in [2.24, 2.45) is 0 Å². The van der Waals surface area contributed by atoms with Gasteiger partial charge in [0.1, 0.15) is 12.4 Å². The number of ether oxygens (including phenoxy) is 3. The summed E-state index contributed by atoms with van der Waals surface area (Å²) in [6.45, 7) is 4.51. The number of fused-ring (bicyclic) bond motifs is 1. The Kier molecular flexibility index (Phi) is 7.15. The summed E-state index contributed by atoms with van der Waals surface area (Å²) in [6.07, 6.45) is 6.64. The molecule has 0 radical (unpaired) electrons. The van der Waals surface area contributed by atoms with E-state index in [0.29, 0.717) is 40.0 Å². The summed E-state index contributed by atoms with van der Waals surface area (Å²) in [7, 11) is 1.62. The molecular formula is C25H28ClNO4. The van der Waals surface area contributed by atoms with Crippen LogP contribution in [0, 0.1) is 0 Å². The van der Waals surface area contributed by atoms with Crippen LogP contribution in [0.3, 0.4) is 0 Å². The van der Waals surface area contributed by atoms with Crippen LogP contribution in [-0.4, -0.2) is 50.6 Å². The second kappa shape index (κ2) is 10.2. The number of rotatable bonds is 8. The average Bonchev–Trinajstić information content (AvgIpc) is 3.30. The Morgan fingerprint density at radius 1 is 1.10 bits per heavy atom. The molecule has 0 atom stereocenters. The molecule has 0 amide bonds. The van der Waals surface area contributed by atoms with E-state index in [4.69, 9.17) is 25.8 Å². The Labute approximate surface area is 188 Å². The van der Waals surface area contributed by atoms with Crippen LogP contribution in [0.4, 0.5) is 0 Å². The number of benzene rings is 2. The molecule has 6 heteroatoms. The van der Waals surface area contributed by atoms with E-state index >= 15 is 0 Å². The number of unbranched alkanes of at least 4 members (excludes halogenated alkanes) is 1. The Balaban J connectivity index is 1.38. The summed E-state index contributed by atoms with van der Waals surface area (Å²) in [4.78, 5) is 15.3. The Morgan fingerprint density at radius 2 is 1.94 bits per heavy atom. The van der Waals surface area contributed by atoms with Gasteiger partial charge in [0.15, 0.2) is 17.3 Å². The molecule has 0 unspecified atom stereocenters. The molecule has 1 fully saturated rings. The van der Waals surface area contributed by atoms with Gasteiger partial charge in [-0.2, -0.15) is 0 Å². The number of likely N-dealkylation sites (tertiary alicyclic amines) is 1. The minimum atomic E-state index is -0.0685. The highest BCUT2D eigenvalue weighted by Crippen LogP contribution is 2.32. The Morgan fingerprint density at radius 3 is 2.74 bits per heavy atom. The van der Waals surface area contributed by atoms with Crippen molar-refractivity contribution in [1.29, 1.82) is 0 Å². The summed E-state index contributed by atoms with van der Waals surface area (Å²) in [5, 5.41) is 0.514. The topological polar surface area (TPSA) is 48.0 Å². The van der Waals surface area contributed by atoms with Crippen molar-refractivity contribution in [2.75, 3.05) is 40.0 Å². The number of hydrogen-bond acceptors (Lipinski definition) is 5. The van der Waals surface area contributed by atoms with E-state index in [-0.39, 0.29) is 12.4 Å². The van der Waals surface area contributed by atoms with Gasteiger partial charge in [-0.15, -0.1) is 0 Å². The van der Waals surface area contributed by atoms with E-state index < -0.39 is 0 Å². The highest BCUT2D eigenvalue weighted by atomic mass is 35.5. The highest BCUT2D eigenvalue weighted by Gasteiger charge is 2.23. The molecule has 1 saturated heterocycles. The van der Waals surface area contributed by atoms with Crippen LogP contribution in [0.25, 0.3) is 6.08 Å². The first kappa shape index (κ1) is 21.7. The molecule has 164 valence electrons. The maximum absolute atomic E-state index is 12.8. The van der Waals surface area contributed by atoms with Gasteiger partial charge in [-0.3, -0.25) is 4.79 Å². The van der Waals surface area contributed by atoms with Crippen molar-refractivity contribution in [3.63, 3.8) is 0 Å². The molecule has 31 heavy (non-hydrogen) atoms. The number of halogens is 1. The molecule has 0 saturated carbocycles. The van der Waals surface area contributed by atoms with Gasteiger partial charge in [0.25, 0.3) is 0 Å². The van der Waals surface area contributed by atoms with Gasteiger partial charge in [-0.25, -0.2) is 0 Å². The fourth-order valence-corrected chi connectivity index (χ4v) is 4.20. The zero-order valence-electron chi connectivity index (χ0n) is 17.9. The SMILES string of the molecule is COc1cc(C=C2COc3ccc(Cl)cc3C2=O)ccc1OCCCCN1CCCC1. The standard InChI is InChI=1S/C25H28ClNO4/c1-29-24-15-18(6-8-23(24)30-13-5-4-12-27-10-2-3-11-27)14-19-17-31-22-9-7-20(26)16-21(22)25(19)28/h6-9,14-16H,2-5,10-13,17H2,1H3. The van der Waals surface area contributed by atoms with Crippen LogP contribution in [0.5, 0.6) is 17.2 Å². The van der Waals surface area contributed by atoms with Crippen LogP contribution < -0.4 is 14.2 Å². The van der Waals surface area contributed by atoms with Gasteiger partial charge in [0, 0.05) is 10.6 Å². The van der Waals surface area contributed by atoms with Crippen molar-refractivity contribution in [2.45, 2.75) is 25.7 Å². The first-order valence-electron chi connectivity index (χ1n) is 10.8. The van der Waals surface area contributed by atoms with Crippen molar-refractivity contribution in [1.82, 2.24) is 4.90 Å². The number of methoxy groups -OCH3 is 1. The fourth-order valence-electron chi connectivity index (χ4n) is 4.03. The Bertz CT molecular complexity index is 966. The van der Waals surface area contributed by atoms with Crippen LogP contribution in [0.15, 0.2) is 42.0 Å². The maximum atomic E-state index is 12.8. The van der Waals surface area contributed by atoms with Gasteiger partial charge in [-0.05, 0) is 87.3 Å². The monoisotopic (exact) mass is 441 g/mol. The third kappa shape index (κ3) is 5.41. The van der Waals surface area contributed by atoms with E-state index in [9.17, 15) is 4.79 Å². The zero-order chi connectivity index (χ0) is 21.6. The van der Waals surface area contributed by atoms with Gasteiger partial charge >= 0.3 is 0 Å². The lowest BCUT2D eigenvalue weighted by Crippen LogP contribution is -2.20. The summed E-state index contributed by atoms with van der Waals surface area (Å²) in [5.41, 5.74) is 1.92. The lowest BCUT2D eigenvalue weighted by atomic mass is 9.98. The number of carbonyl (C=O) groups excluding carboxylic acids is 1. The second-order valence-electron chi connectivity index (χ2n) is 7.94. The van der Waals surface area contributed by atoms with E-state index in [2.05, 4.69) is 4.90 Å². The quantitative estimate of drug-likeness (QED) is 0.413. The number of Topliss-reactive ketones (excluding diaryl/α,β-unsaturated/α-hetero) is 1. The van der Waals surface area contributed by atoms with Crippen LogP contribution in [0.1, 0.15) is 41.6 Å². The minimum absolute atomic E-state index is 0.0685. The van der Waals surface area contributed by atoms with Gasteiger partial charge in [0.2, 0.25) is 0 Å². The largest absolute Gasteiger partial charge is 0.493 e. The fraction of sp³-hybridized carbons (Fsp3) is 0.400. The molecule has 0 bridgehead atoms. The second-order valence-corrected chi connectivity index (χ2v) is 8.38. The summed E-state index contributed by atoms with van der Waals surface area (Å²) >= 11 is 6.04. The molecule has 4 rings (SSSR count). The molecule has 2 aromatic rings. The highest BCUT2D eigenvalue weighted by molar-refractivity contribution is 6.31. The first-order valence-corrected chi connectivity index (χ1v) is 11.2. The van der Waals surface area contributed by atoms with Crippen LogP contribution >= 0.6 is 11.6 Å². The molecule has 0 aliphatic carbocycles. The number of ketones is 1. The molecule has 5 nitrogen and oxygen atoms in total.